The number of aliphatic imine (C=N–C) groups is 4. The van der Waals surface area contributed by atoms with Gasteiger partial charge in [-0.2, -0.15) is 0 Å². The van der Waals surface area contributed by atoms with Crippen LogP contribution in [0.15, 0.2) is 97.1 Å². The van der Waals surface area contributed by atoms with Crippen molar-refractivity contribution in [2.24, 2.45) is 20.0 Å². The molecule has 0 saturated heterocycles. The maximum absolute atomic E-state index is 4.85. The first-order valence-electron chi connectivity index (χ1n) is 9.80. The Morgan fingerprint density at radius 3 is 2.26 bits per heavy atom. The zero-order valence-corrected chi connectivity index (χ0v) is 17.7. The average Bonchev–Trinajstić information content (AvgIpc) is 3.48. The molecule has 0 saturated carbocycles. The monoisotopic (exact) mass is 435 g/mol. The minimum absolute atomic E-state index is 0.597. The Bertz CT molecular complexity index is 1520. The maximum Gasteiger partial charge on any atom is 0.239 e. The number of fused-ring (bicyclic) bond motifs is 2. The second-order valence-electron chi connectivity index (χ2n) is 7.31. The van der Waals surface area contributed by atoms with E-state index in [4.69, 9.17) is 9.98 Å². The molecule has 3 aliphatic heterocycles. The van der Waals surface area contributed by atoms with Gasteiger partial charge in [0.25, 0.3) is 0 Å². The van der Waals surface area contributed by atoms with E-state index in [9.17, 15) is 0 Å². The quantitative estimate of drug-likeness (QED) is 0.386. The standard InChI is InChI=1S/C24H13N5S2/c1-3-14-7-9-30-21(14)17(5-1)19-11-16-12-20(18-6-2-4-15-8-10-31-22(15)18)28-24-26-13-25-23(27-19)29(16)24/h1-13H. The molecule has 4 aromatic rings. The molecular weight excluding hydrogens is 422 g/mol. The van der Waals surface area contributed by atoms with Gasteiger partial charge in [-0.25, -0.2) is 24.9 Å². The molecule has 0 spiro atoms. The number of thiophene rings is 2. The topological polar surface area (TPSA) is 52.7 Å². The van der Waals surface area contributed by atoms with E-state index in [0.29, 0.717) is 11.9 Å². The van der Waals surface area contributed by atoms with Crippen LogP contribution in [-0.2, 0) is 0 Å². The van der Waals surface area contributed by atoms with Crippen LogP contribution in [0.1, 0.15) is 11.1 Å². The minimum atomic E-state index is 0.597. The molecule has 0 N–H and O–H groups in total. The molecule has 0 radical (unpaired) electrons. The summed E-state index contributed by atoms with van der Waals surface area (Å²) in [4.78, 5) is 20.5. The van der Waals surface area contributed by atoms with E-state index in [1.807, 2.05) is 4.90 Å². The lowest BCUT2D eigenvalue weighted by molar-refractivity contribution is 0.738. The fraction of sp³-hybridized carbons (Fsp3) is 0. The molecule has 0 bridgehead atoms. The molecule has 7 heteroatoms. The van der Waals surface area contributed by atoms with Crippen molar-refractivity contribution >= 4 is 72.5 Å². The van der Waals surface area contributed by atoms with Crippen LogP contribution in [0, 0.1) is 0 Å². The van der Waals surface area contributed by atoms with Gasteiger partial charge in [0.05, 0.1) is 17.1 Å². The first-order valence-corrected chi connectivity index (χ1v) is 11.6. The number of benzene rings is 2. The predicted molar refractivity (Wildman–Crippen MR) is 131 cm³/mol. The van der Waals surface area contributed by atoms with Crippen LogP contribution in [0.4, 0.5) is 0 Å². The van der Waals surface area contributed by atoms with Gasteiger partial charge in [0.2, 0.25) is 11.9 Å². The van der Waals surface area contributed by atoms with Gasteiger partial charge in [0, 0.05) is 20.5 Å². The van der Waals surface area contributed by atoms with E-state index in [2.05, 4.69) is 81.4 Å². The van der Waals surface area contributed by atoms with Crippen LogP contribution in [-0.4, -0.2) is 28.9 Å². The average molecular weight is 436 g/mol. The van der Waals surface area contributed by atoms with Crippen LogP contribution in [0.2, 0.25) is 0 Å². The molecular formula is C24H13N5S2. The molecule has 0 unspecified atom stereocenters. The Balaban J connectivity index is 1.44. The van der Waals surface area contributed by atoms with E-state index >= 15 is 0 Å². The van der Waals surface area contributed by atoms with Crippen LogP contribution >= 0.6 is 22.7 Å². The highest BCUT2D eigenvalue weighted by Crippen LogP contribution is 2.36. The number of rotatable bonds is 2. The number of hydrogen-bond donors (Lipinski definition) is 0. The molecule has 0 fully saturated rings. The molecule has 2 aromatic carbocycles. The summed E-state index contributed by atoms with van der Waals surface area (Å²) in [5.74, 6) is 1.19. The van der Waals surface area contributed by atoms with E-state index in [-0.39, 0.29) is 0 Å². The van der Waals surface area contributed by atoms with Gasteiger partial charge in [-0.3, -0.25) is 0 Å². The van der Waals surface area contributed by atoms with Crippen LogP contribution < -0.4 is 0 Å². The largest absolute Gasteiger partial charge is 0.246 e. The Morgan fingerprint density at radius 2 is 1.45 bits per heavy atom. The summed E-state index contributed by atoms with van der Waals surface area (Å²) in [5, 5.41) is 6.69. The number of nitrogens with zero attached hydrogens (tertiary/aromatic N) is 5. The molecule has 5 nitrogen and oxygen atoms in total. The number of hydrogen-bond acceptors (Lipinski definition) is 7. The molecule has 2 aromatic heterocycles. The number of guanidine groups is 2. The predicted octanol–water partition coefficient (Wildman–Crippen LogP) is 5.91. The summed E-state index contributed by atoms with van der Waals surface area (Å²) in [7, 11) is 0. The van der Waals surface area contributed by atoms with Crippen molar-refractivity contribution in [3.05, 3.63) is 88.3 Å². The first kappa shape index (κ1) is 17.0. The van der Waals surface area contributed by atoms with Crippen molar-refractivity contribution in [2.75, 3.05) is 0 Å². The highest BCUT2D eigenvalue weighted by Gasteiger charge is 2.31. The zero-order chi connectivity index (χ0) is 20.4. The zero-order valence-electron chi connectivity index (χ0n) is 16.1. The molecule has 3 aliphatic rings. The van der Waals surface area contributed by atoms with Gasteiger partial charge < -0.3 is 0 Å². The lowest BCUT2D eigenvalue weighted by atomic mass is 10.0. The van der Waals surface area contributed by atoms with E-state index < -0.39 is 0 Å². The summed E-state index contributed by atoms with van der Waals surface area (Å²) in [6.45, 7) is 0. The fourth-order valence-corrected chi connectivity index (χ4v) is 5.97. The van der Waals surface area contributed by atoms with E-state index in [0.717, 1.165) is 28.2 Å². The minimum Gasteiger partial charge on any atom is -0.246 e. The van der Waals surface area contributed by atoms with Gasteiger partial charge in [0.15, 0.2) is 0 Å². The fourth-order valence-electron chi connectivity index (χ4n) is 4.12. The third-order valence-electron chi connectivity index (χ3n) is 5.52. The van der Waals surface area contributed by atoms with Crippen LogP contribution in [0.3, 0.4) is 0 Å². The lowest BCUT2D eigenvalue weighted by Crippen LogP contribution is -2.40. The number of allylic oxidation sites excluding steroid dienone is 2. The van der Waals surface area contributed by atoms with Crippen LogP contribution in [0.5, 0.6) is 0 Å². The third kappa shape index (κ3) is 2.54. The van der Waals surface area contributed by atoms with Gasteiger partial charge in [-0.05, 0) is 45.8 Å². The highest BCUT2D eigenvalue weighted by atomic mass is 32.1. The van der Waals surface area contributed by atoms with E-state index in [1.54, 1.807) is 22.7 Å². The Labute approximate surface area is 185 Å². The van der Waals surface area contributed by atoms with Crippen molar-refractivity contribution < 1.29 is 0 Å². The lowest BCUT2D eigenvalue weighted by Gasteiger charge is -2.31. The van der Waals surface area contributed by atoms with Gasteiger partial charge in [-0.1, -0.05) is 36.4 Å². The van der Waals surface area contributed by atoms with Crippen molar-refractivity contribution in [1.29, 1.82) is 0 Å². The molecule has 146 valence electrons. The maximum atomic E-state index is 4.85. The summed E-state index contributed by atoms with van der Waals surface area (Å²) < 4.78 is 2.46. The smallest absolute Gasteiger partial charge is 0.239 e. The molecule has 0 aliphatic carbocycles. The Kier molecular flexibility index (Phi) is 3.52. The third-order valence-corrected chi connectivity index (χ3v) is 7.45. The molecule has 7 rings (SSSR count). The molecule has 5 heterocycles. The van der Waals surface area contributed by atoms with E-state index in [1.165, 1.54) is 26.5 Å². The second-order valence-corrected chi connectivity index (χ2v) is 9.14. The SMILES string of the molecule is C1=NC2=NC(c3cccc4ccsc34)=CC3=CC(c4cccc5ccsc45)=NC(=N1)N32. The Hall–Kier alpha value is -3.68. The summed E-state index contributed by atoms with van der Waals surface area (Å²) in [6.07, 6.45) is 5.75. The van der Waals surface area contributed by atoms with Gasteiger partial charge >= 0.3 is 0 Å². The summed E-state index contributed by atoms with van der Waals surface area (Å²) in [5.41, 5.74) is 5.01. The molecule has 31 heavy (non-hydrogen) atoms. The summed E-state index contributed by atoms with van der Waals surface area (Å²) in [6, 6.07) is 16.9. The van der Waals surface area contributed by atoms with Crippen molar-refractivity contribution in [2.45, 2.75) is 0 Å². The van der Waals surface area contributed by atoms with Gasteiger partial charge in [0.1, 0.15) is 6.34 Å². The second kappa shape index (κ2) is 6.41. The van der Waals surface area contributed by atoms with Crippen molar-refractivity contribution in [3.63, 3.8) is 0 Å². The van der Waals surface area contributed by atoms with Crippen LogP contribution in [0.25, 0.3) is 25.9 Å². The molecule has 0 amide bonds. The van der Waals surface area contributed by atoms with Gasteiger partial charge in [-0.15, -0.1) is 22.7 Å². The molecule has 0 atom stereocenters. The first-order chi connectivity index (χ1) is 15.3. The van der Waals surface area contributed by atoms with Crippen molar-refractivity contribution in [3.8, 4) is 0 Å². The Morgan fingerprint density at radius 1 is 0.710 bits per heavy atom. The highest BCUT2D eigenvalue weighted by molar-refractivity contribution is 7.17. The summed E-state index contributed by atoms with van der Waals surface area (Å²) >= 11 is 3.46. The normalized spacial score (nSPS) is 17.2. The van der Waals surface area contributed by atoms with Crippen molar-refractivity contribution in [1.82, 2.24) is 4.90 Å².